The van der Waals surface area contributed by atoms with E-state index in [1.807, 2.05) is 31.2 Å². The monoisotopic (exact) mass is 392 g/mol. The number of methoxy groups -OCH3 is 1. The van der Waals surface area contributed by atoms with Gasteiger partial charge in [0.15, 0.2) is 0 Å². The summed E-state index contributed by atoms with van der Waals surface area (Å²) in [6, 6.07) is 7.75. The van der Waals surface area contributed by atoms with Crippen LogP contribution in [0.3, 0.4) is 0 Å². The van der Waals surface area contributed by atoms with Crippen LogP contribution in [0.25, 0.3) is 10.9 Å². The zero-order chi connectivity index (χ0) is 20.6. The lowest BCUT2D eigenvalue weighted by Gasteiger charge is -2.37. The number of rotatable bonds is 4. The van der Waals surface area contributed by atoms with Crippen molar-refractivity contribution in [3.05, 3.63) is 35.5 Å². The number of carbonyl (C=O) groups is 2. The van der Waals surface area contributed by atoms with Crippen LogP contribution in [0, 0.1) is 12.8 Å². The average molecular weight is 392 g/mol. The number of nitrogens with zero attached hydrogens (tertiary/aromatic N) is 2. The summed E-state index contributed by atoms with van der Waals surface area (Å²) >= 11 is 0. The van der Waals surface area contributed by atoms with Crippen LogP contribution in [0.1, 0.15) is 48.8 Å². The Kier molecular flexibility index (Phi) is 5.46. The van der Waals surface area contributed by atoms with E-state index in [1.165, 1.54) is 12.0 Å². The molecule has 1 aliphatic rings. The van der Waals surface area contributed by atoms with Crippen molar-refractivity contribution >= 4 is 22.8 Å². The predicted molar refractivity (Wildman–Crippen MR) is 103 cm³/mol. The number of hydrogen-bond acceptors (Lipinski definition) is 3. The summed E-state index contributed by atoms with van der Waals surface area (Å²) < 4.78 is 33.7. The number of likely N-dealkylation sites (tertiary alicyclic amines) is 1. The normalized spacial score (nSPS) is 17.0. The molecule has 1 amide bonds. The number of ether oxygens (including phenoxy) is 1. The third kappa shape index (κ3) is 3.50. The third-order valence-corrected chi connectivity index (χ3v) is 5.84. The molecule has 0 bridgehead atoms. The molecule has 0 spiro atoms. The van der Waals surface area contributed by atoms with E-state index in [-0.39, 0.29) is 17.9 Å². The lowest BCUT2D eigenvalue weighted by atomic mass is 9.89. The van der Waals surface area contributed by atoms with Gasteiger partial charge in [-0.2, -0.15) is 8.78 Å². The van der Waals surface area contributed by atoms with Gasteiger partial charge in [-0.1, -0.05) is 18.2 Å². The van der Waals surface area contributed by atoms with Crippen molar-refractivity contribution in [3.63, 3.8) is 0 Å². The molecule has 1 fully saturated rings. The fraction of sp³-hybridized carbons (Fsp3) is 0.524. The number of aromatic nitrogens is 1. The molecular formula is C21H26F2N2O3. The summed E-state index contributed by atoms with van der Waals surface area (Å²) in [6.45, 7) is 5.27. The van der Waals surface area contributed by atoms with E-state index in [4.69, 9.17) is 4.74 Å². The van der Waals surface area contributed by atoms with E-state index in [2.05, 4.69) is 11.5 Å². The van der Waals surface area contributed by atoms with Gasteiger partial charge in [0.2, 0.25) is 0 Å². The SMILES string of the molecule is COC(=O)c1c(C)n([C@H](C)C2CCN(C(=O)C(C)(F)F)CC2)c2ccccc12. The summed E-state index contributed by atoms with van der Waals surface area (Å²) in [4.78, 5) is 25.4. The second-order valence-corrected chi connectivity index (χ2v) is 7.60. The second-order valence-electron chi connectivity index (χ2n) is 7.60. The van der Waals surface area contributed by atoms with Crippen LogP contribution in [0.5, 0.6) is 0 Å². The van der Waals surface area contributed by atoms with Crippen molar-refractivity contribution in [3.8, 4) is 0 Å². The Morgan fingerprint density at radius 2 is 1.82 bits per heavy atom. The minimum absolute atomic E-state index is 0.0581. The minimum atomic E-state index is -3.33. The zero-order valence-electron chi connectivity index (χ0n) is 16.7. The molecule has 5 nitrogen and oxygen atoms in total. The molecule has 152 valence electrons. The highest BCUT2D eigenvalue weighted by Crippen LogP contribution is 2.36. The van der Waals surface area contributed by atoms with Gasteiger partial charge in [0.1, 0.15) is 0 Å². The molecule has 0 saturated carbocycles. The van der Waals surface area contributed by atoms with Crippen LogP contribution in [0.2, 0.25) is 0 Å². The van der Waals surface area contributed by atoms with Gasteiger partial charge in [-0.25, -0.2) is 4.79 Å². The molecule has 0 aliphatic carbocycles. The fourth-order valence-corrected chi connectivity index (χ4v) is 4.35. The molecule has 2 aromatic rings. The maximum absolute atomic E-state index is 13.3. The lowest BCUT2D eigenvalue weighted by Crippen LogP contribution is -2.46. The number of hydrogen-bond donors (Lipinski definition) is 0. The van der Waals surface area contributed by atoms with Crippen molar-refractivity contribution in [2.24, 2.45) is 5.92 Å². The third-order valence-electron chi connectivity index (χ3n) is 5.84. The van der Waals surface area contributed by atoms with Gasteiger partial charge < -0.3 is 14.2 Å². The Balaban J connectivity index is 1.87. The summed E-state index contributed by atoms with van der Waals surface area (Å²) in [5.74, 6) is -4.59. The highest BCUT2D eigenvalue weighted by atomic mass is 19.3. The van der Waals surface area contributed by atoms with Gasteiger partial charge in [-0.15, -0.1) is 0 Å². The first-order valence-corrected chi connectivity index (χ1v) is 9.51. The van der Waals surface area contributed by atoms with E-state index < -0.39 is 11.8 Å². The highest BCUT2D eigenvalue weighted by molar-refractivity contribution is 6.05. The summed E-state index contributed by atoms with van der Waals surface area (Å²) in [6.07, 6.45) is 1.28. The van der Waals surface area contributed by atoms with Gasteiger partial charge in [0, 0.05) is 42.7 Å². The van der Waals surface area contributed by atoms with Gasteiger partial charge >= 0.3 is 11.9 Å². The van der Waals surface area contributed by atoms with Gasteiger partial charge in [0.05, 0.1) is 12.7 Å². The summed E-state index contributed by atoms with van der Waals surface area (Å²) in [5.41, 5.74) is 2.34. The number of para-hydroxylation sites is 1. The van der Waals surface area contributed by atoms with E-state index in [1.54, 1.807) is 0 Å². The number of esters is 1. The molecule has 0 unspecified atom stereocenters. The molecule has 1 saturated heterocycles. The first kappa shape index (κ1) is 20.3. The smallest absolute Gasteiger partial charge is 0.340 e. The molecule has 0 radical (unpaired) electrons. The van der Waals surface area contributed by atoms with Crippen molar-refractivity contribution in [1.82, 2.24) is 9.47 Å². The molecule has 1 aromatic heterocycles. The number of alkyl halides is 2. The van der Waals surface area contributed by atoms with E-state index in [9.17, 15) is 18.4 Å². The number of amides is 1. The molecule has 2 heterocycles. The van der Waals surface area contributed by atoms with Crippen LogP contribution in [0.15, 0.2) is 24.3 Å². The van der Waals surface area contributed by atoms with Gasteiger partial charge in [-0.05, 0) is 38.7 Å². The van der Waals surface area contributed by atoms with E-state index in [0.717, 1.165) is 16.6 Å². The Bertz CT molecular complexity index is 893. The first-order chi connectivity index (χ1) is 13.2. The molecule has 28 heavy (non-hydrogen) atoms. The number of carbonyl (C=O) groups excluding carboxylic acids is 2. The number of piperidine rings is 1. The average Bonchev–Trinajstić information content (AvgIpc) is 2.97. The van der Waals surface area contributed by atoms with Crippen LogP contribution in [0.4, 0.5) is 8.78 Å². The maximum atomic E-state index is 13.3. The fourth-order valence-electron chi connectivity index (χ4n) is 4.35. The lowest BCUT2D eigenvalue weighted by molar-refractivity contribution is -0.156. The number of halogens is 2. The minimum Gasteiger partial charge on any atom is -0.465 e. The molecule has 3 rings (SSSR count). The maximum Gasteiger partial charge on any atom is 0.340 e. The van der Waals surface area contributed by atoms with Crippen molar-refractivity contribution in [2.45, 2.75) is 45.6 Å². The van der Waals surface area contributed by atoms with Crippen LogP contribution in [-0.4, -0.2) is 47.5 Å². The number of benzene rings is 1. The van der Waals surface area contributed by atoms with Crippen molar-refractivity contribution < 1.29 is 23.1 Å². The molecule has 1 aromatic carbocycles. The topological polar surface area (TPSA) is 51.5 Å². The Morgan fingerprint density at radius 1 is 1.21 bits per heavy atom. The molecule has 0 N–H and O–H groups in total. The molecule has 7 heteroatoms. The number of fused-ring (bicyclic) bond motifs is 1. The largest absolute Gasteiger partial charge is 0.465 e. The highest BCUT2D eigenvalue weighted by Gasteiger charge is 2.39. The summed E-state index contributed by atoms with van der Waals surface area (Å²) in [7, 11) is 1.37. The first-order valence-electron chi connectivity index (χ1n) is 9.51. The van der Waals surface area contributed by atoms with Crippen molar-refractivity contribution in [2.75, 3.05) is 20.2 Å². The van der Waals surface area contributed by atoms with Gasteiger partial charge in [0.25, 0.3) is 5.91 Å². The van der Waals surface area contributed by atoms with E-state index in [0.29, 0.717) is 38.4 Å². The molecule has 1 aliphatic heterocycles. The Labute approximate surface area is 163 Å². The van der Waals surface area contributed by atoms with E-state index >= 15 is 0 Å². The van der Waals surface area contributed by atoms with Crippen LogP contribution < -0.4 is 0 Å². The summed E-state index contributed by atoms with van der Waals surface area (Å²) in [5, 5.41) is 0.844. The Hall–Kier alpha value is -2.44. The zero-order valence-corrected chi connectivity index (χ0v) is 16.7. The van der Waals surface area contributed by atoms with Crippen LogP contribution >= 0.6 is 0 Å². The van der Waals surface area contributed by atoms with Crippen LogP contribution in [-0.2, 0) is 9.53 Å². The second kappa shape index (κ2) is 7.53. The van der Waals surface area contributed by atoms with Gasteiger partial charge in [-0.3, -0.25) is 4.79 Å². The standard InChI is InChI=1S/C21H26F2N2O3/c1-13(15-9-11-24(12-10-15)20(27)21(3,22)23)25-14(2)18(19(26)28-4)16-7-5-6-8-17(16)25/h5-8,13,15H,9-12H2,1-4H3/t13-/m1/s1. The molecule has 1 atom stereocenters. The quantitative estimate of drug-likeness (QED) is 0.733. The Morgan fingerprint density at radius 3 is 2.39 bits per heavy atom. The molecular weight excluding hydrogens is 366 g/mol. The van der Waals surface area contributed by atoms with Crippen molar-refractivity contribution in [1.29, 1.82) is 0 Å². The predicted octanol–water partition coefficient (Wildman–Crippen LogP) is 4.19.